The van der Waals surface area contributed by atoms with Gasteiger partial charge in [-0.05, 0) is 42.0 Å². The van der Waals surface area contributed by atoms with E-state index >= 15 is 0 Å². The molecule has 0 bridgehead atoms. The number of aliphatic hydroxyl groups is 1. The molecule has 1 unspecified atom stereocenters. The van der Waals surface area contributed by atoms with Gasteiger partial charge in [0.1, 0.15) is 5.75 Å². The summed E-state index contributed by atoms with van der Waals surface area (Å²) in [5.41, 5.74) is 2.40. The molecule has 1 N–H and O–H groups in total. The van der Waals surface area contributed by atoms with Crippen LogP contribution >= 0.6 is 0 Å². The third-order valence-electron chi connectivity index (χ3n) is 3.38. The first-order chi connectivity index (χ1) is 10.1. The highest BCUT2D eigenvalue weighted by molar-refractivity contribution is 5.48. The van der Waals surface area contributed by atoms with Crippen molar-refractivity contribution < 1.29 is 9.84 Å². The van der Waals surface area contributed by atoms with Gasteiger partial charge in [-0.2, -0.15) is 5.26 Å². The van der Waals surface area contributed by atoms with Crippen LogP contribution in [0.5, 0.6) is 5.75 Å². The van der Waals surface area contributed by atoms with Crippen molar-refractivity contribution >= 4 is 5.69 Å². The normalized spacial score (nSPS) is 11.5. The molecule has 0 aliphatic carbocycles. The van der Waals surface area contributed by atoms with E-state index in [9.17, 15) is 5.11 Å². The lowest BCUT2D eigenvalue weighted by atomic mass is 10.1. The van der Waals surface area contributed by atoms with Crippen LogP contribution in [0.2, 0.25) is 0 Å². The minimum atomic E-state index is -0.607. The zero-order chi connectivity index (χ0) is 15.2. The molecule has 2 aromatic rings. The first-order valence-electron chi connectivity index (χ1n) is 6.67. The fourth-order valence-electron chi connectivity index (χ4n) is 2.09. The Labute approximate surface area is 124 Å². The number of hydrogen-bond donors (Lipinski definition) is 1. The van der Waals surface area contributed by atoms with Gasteiger partial charge in [-0.15, -0.1) is 0 Å². The average molecular weight is 282 g/mol. The van der Waals surface area contributed by atoms with Crippen LogP contribution in [0, 0.1) is 11.3 Å². The number of hydrogen-bond acceptors (Lipinski definition) is 4. The maximum atomic E-state index is 10.3. The second-order valence-electron chi connectivity index (χ2n) is 4.83. The number of rotatable bonds is 5. The predicted octanol–water partition coefficient (Wildman–Crippen LogP) is 2.74. The van der Waals surface area contributed by atoms with Crippen molar-refractivity contribution in [2.24, 2.45) is 0 Å². The number of likely N-dealkylation sites (N-methyl/N-ethyl adjacent to an activating group) is 1. The van der Waals surface area contributed by atoms with Crippen LogP contribution in [-0.2, 0) is 0 Å². The van der Waals surface area contributed by atoms with Crippen molar-refractivity contribution in [1.29, 1.82) is 5.26 Å². The van der Waals surface area contributed by atoms with Gasteiger partial charge in [0, 0.05) is 19.3 Å². The SMILES string of the molecule is COc1ccc(N(C)CC(O)c2ccc(C#N)cc2)cc1. The van der Waals surface area contributed by atoms with E-state index < -0.39 is 6.10 Å². The summed E-state index contributed by atoms with van der Waals surface area (Å²) in [6, 6.07) is 16.7. The topological polar surface area (TPSA) is 56.5 Å². The van der Waals surface area contributed by atoms with Crippen LogP contribution in [0.1, 0.15) is 17.2 Å². The van der Waals surface area contributed by atoms with Gasteiger partial charge in [-0.3, -0.25) is 0 Å². The van der Waals surface area contributed by atoms with Gasteiger partial charge in [-0.1, -0.05) is 12.1 Å². The van der Waals surface area contributed by atoms with Crippen LogP contribution in [0.25, 0.3) is 0 Å². The summed E-state index contributed by atoms with van der Waals surface area (Å²) >= 11 is 0. The van der Waals surface area contributed by atoms with E-state index in [0.29, 0.717) is 12.1 Å². The van der Waals surface area contributed by atoms with E-state index in [0.717, 1.165) is 17.0 Å². The van der Waals surface area contributed by atoms with Gasteiger partial charge in [0.15, 0.2) is 0 Å². The van der Waals surface area contributed by atoms with Crippen molar-refractivity contribution in [2.75, 3.05) is 25.6 Å². The molecule has 0 fully saturated rings. The molecule has 0 amide bonds. The van der Waals surface area contributed by atoms with Crippen molar-refractivity contribution in [1.82, 2.24) is 0 Å². The molecule has 0 saturated carbocycles. The van der Waals surface area contributed by atoms with Gasteiger partial charge in [0.25, 0.3) is 0 Å². The Bertz CT molecular complexity index is 615. The average Bonchev–Trinajstić information content (AvgIpc) is 2.55. The molecule has 4 heteroatoms. The fraction of sp³-hybridized carbons (Fsp3) is 0.235. The third-order valence-corrected chi connectivity index (χ3v) is 3.38. The summed E-state index contributed by atoms with van der Waals surface area (Å²) in [7, 11) is 3.56. The Morgan fingerprint density at radius 1 is 1.14 bits per heavy atom. The van der Waals surface area contributed by atoms with Gasteiger partial charge >= 0.3 is 0 Å². The Kier molecular flexibility index (Phi) is 4.81. The van der Waals surface area contributed by atoms with Crippen molar-refractivity contribution in [3.05, 3.63) is 59.7 Å². The molecule has 2 aromatic carbocycles. The Morgan fingerprint density at radius 2 is 1.76 bits per heavy atom. The van der Waals surface area contributed by atoms with Crippen LogP contribution in [0.15, 0.2) is 48.5 Å². The largest absolute Gasteiger partial charge is 0.497 e. The number of anilines is 1. The zero-order valence-electron chi connectivity index (χ0n) is 12.2. The van der Waals surface area contributed by atoms with Gasteiger partial charge in [0.05, 0.1) is 24.8 Å². The quantitative estimate of drug-likeness (QED) is 0.916. The smallest absolute Gasteiger partial charge is 0.119 e. The van der Waals surface area contributed by atoms with E-state index in [2.05, 4.69) is 6.07 Å². The predicted molar refractivity (Wildman–Crippen MR) is 82.4 cm³/mol. The molecule has 0 radical (unpaired) electrons. The molecule has 4 nitrogen and oxygen atoms in total. The van der Waals surface area contributed by atoms with Gasteiger partial charge in [-0.25, -0.2) is 0 Å². The Morgan fingerprint density at radius 3 is 2.29 bits per heavy atom. The summed E-state index contributed by atoms with van der Waals surface area (Å²) in [4.78, 5) is 1.97. The molecule has 108 valence electrons. The zero-order valence-corrected chi connectivity index (χ0v) is 12.2. The minimum absolute atomic E-state index is 0.470. The highest BCUT2D eigenvalue weighted by Gasteiger charge is 2.11. The Hall–Kier alpha value is -2.51. The van der Waals surface area contributed by atoms with Crippen LogP contribution in [0.4, 0.5) is 5.69 Å². The summed E-state index contributed by atoms with van der Waals surface area (Å²) in [5.74, 6) is 0.805. The number of aliphatic hydroxyl groups excluding tert-OH is 1. The van der Waals surface area contributed by atoms with E-state index in [4.69, 9.17) is 10.00 Å². The lowest BCUT2D eigenvalue weighted by Gasteiger charge is -2.23. The number of methoxy groups -OCH3 is 1. The summed E-state index contributed by atoms with van der Waals surface area (Å²) < 4.78 is 5.13. The summed E-state index contributed by atoms with van der Waals surface area (Å²) in [6.45, 7) is 0.470. The molecule has 1 atom stereocenters. The maximum Gasteiger partial charge on any atom is 0.119 e. The van der Waals surface area contributed by atoms with Gasteiger partial charge in [0.2, 0.25) is 0 Å². The summed E-state index contributed by atoms with van der Waals surface area (Å²) in [6.07, 6.45) is -0.607. The number of nitriles is 1. The molecule has 0 spiro atoms. The van der Waals surface area contributed by atoms with Gasteiger partial charge < -0.3 is 14.7 Å². The number of benzene rings is 2. The fourth-order valence-corrected chi connectivity index (χ4v) is 2.09. The lowest BCUT2D eigenvalue weighted by molar-refractivity contribution is 0.185. The number of ether oxygens (including phenoxy) is 1. The molecule has 0 aliphatic rings. The van der Waals surface area contributed by atoms with E-state index in [1.807, 2.05) is 36.2 Å². The van der Waals surface area contributed by atoms with E-state index in [-0.39, 0.29) is 0 Å². The third kappa shape index (κ3) is 3.74. The monoisotopic (exact) mass is 282 g/mol. The molecule has 0 aliphatic heterocycles. The molecular formula is C17H18N2O2. The van der Waals surface area contributed by atoms with E-state index in [1.54, 1.807) is 31.4 Å². The van der Waals surface area contributed by atoms with Crippen LogP contribution < -0.4 is 9.64 Å². The maximum absolute atomic E-state index is 10.3. The van der Waals surface area contributed by atoms with Crippen LogP contribution in [-0.4, -0.2) is 25.8 Å². The van der Waals surface area contributed by atoms with Crippen molar-refractivity contribution in [3.63, 3.8) is 0 Å². The molecule has 0 saturated heterocycles. The second kappa shape index (κ2) is 6.78. The highest BCUT2D eigenvalue weighted by atomic mass is 16.5. The molecule has 21 heavy (non-hydrogen) atoms. The highest BCUT2D eigenvalue weighted by Crippen LogP contribution is 2.21. The second-order valence-corrected chi connectivity index (χ2v) is 4.83. The van der Waals surface area contributed by atoms with Crippen LogP contribution in [0.3, 0.4) is 0 Å². The first-order valence-corrected chi connectivity index (χ1v) is 6.67. The lowest BCUT2D eigenvalue weighted by Crippen LogP contribution is -2.24. The summed E-state index contributed by atoms with van der Waals surface area (Å²) in [5, 5.41) is 19.0. The van der Waals surface area contributed by atoms with E-state index in [1.165, 1.54) is 0 Å². The molecular weight excluding hydrogens is 264 g/mol. The number of nitrogens with zero attached hydrogens (tertiary/aromatic N) is 2. The Balaban J connectivity index is 2.03. The minimum Gasteiger partial charge on any atom is -0.497 e. The standard InChI is InChI=1S/C17H18N2O2/c1-19(15-7-9-16(21-2)10-8-15)12-17(20)14-5-3-13(11-18)4-6-14/h3-10,17,20H,12H2,1-2H3. The molecule has 0 heterocycles. The first kappa shape index (κ1) is 14.9. The molecule has 2 rings (SSSR count). The van der Waals surface area contributed by atoms with Crippen molar-refractivity contribution in [2.45, 2.75) is 6.10 Å². The van der Waals surface area contributed by atoms with Crippen molar-refractivity contribution in [3.8, 4) is 11.8 Å². The molecule has 0 aromatic heterocycles.